The molecular formula is C21H23N3O3S. The maximum absolute atomic E-state index is 12.5. The molecule has 2 N–H and O–H groups in total. The molecule has 0 radical (unpaired) electrons. The van der Waals surface area contributed by atoms with Crippen LogP contribution in [-0.2, 0) is 4.79 Å². The van der Waals surface area contributed by atoms with Crippen LogP contribution in [0.1, 0.15) is 18.4 Å². The van der Waals surface area contributed by atoms with Gasteiger partial charge >= 0.3 is 4.87 Å². The lowest BCUT2D eigenvalue weighted by Gasteiger charge is -2.32. The molecule has 28 heavy (non-hydrogen) atoms. The van der Waals surface area contributed by atoms with Crippen molar-refractivity contribution >= 4 is 33.1 Å². The van der Waals surface area contributed by atoms with Crippen molar-refractivity contribution in [3.8, 4) is 5.75 Å². The Labute approximate surface area is 167 Å². The van der Waals surface area contributed by atoms with E-state index in [1.54, 1.807) is 0 Å². The van der Waals surface area contributed by atoms with Gasteiger partial charge in [0.1, 0.15) is 11.9 Å². The molecule has 146 valence electrons. The zero-order valence-corrected chi connectivity index (χ0v) is 16.6. The highest BCUT2D eigenvalue weighted by Gasteiger charge is 2.23. The van der Waals surface area contributed by atoms with Gasteiger partial charge in [-0.2, -0.15) is 0 Å². The van der Waals surface area contributed by atoms with Gasteiger partial charge in [-0.05, 0) is 37.3 Å². The fourth-order valence-corrected chi connectivity index (χ4v) is 4.15. The number of benzene rings is 2. The van der Waals surface area contributed by atoms with E-state index >= 15 is 0 Å². The molecular weight excluding hydrogens is 374 g/mol. The zero-order chi connectivity index (χ0) is 19.5. The molecule has 3 aromatic rings. The van der Waals surface area contributed by atoms with E-state index in [9.17, 15) is 9.59 Å². The normalized spacial score (nSPS) is 15.0. The van der Waals surface area contributed by atoms with Gasteiger partial charge in [-0.25, -0.2) is 0 Å². The van der Waals surface area contributed by atoms with Gasteiger partial charge in [0.2, 0.25) is 5.91 Å². The molecule has 1 aliphatic rings. The molecule has 1 amide bonds. The fourth-order valence-electron chi connectivity index (χ4n) is 3.38. The summed E-state index contributed by atoms with van der Waals surface area (Å²) >= 11 is 1.17. The number of likely N-dealkylation sites (tertiary alicyclic amines) is 1. The maximum atomic E-state index is 12.5. The molecule has 0 unspecified atom stereocenters. The quantitative estimate of drug-likeness (QED) is 0.692. The number of aryl methyl sites for hydroxylation is 1. The number of fused-ring (bicyclic) bond motifs is 1. The second kappa shape index (κ2) is 8.06. The number of nitrogens with zero attached hydrogens (tertiary/aromatic N) is 1. The monoisotopic (exact) mass is 397 g/mol. The summed E-state index contributed by atoms with van der Waals surface area (Å²) in [5.41, 5.74) is 2.88. The fraction of sp³-hybridized carbons (Fsp3) is 0.333. The standard InChI is InChI=1S/C21H23N3O3S/c1-14-2-5-16(6-3-14)27-17-8-10-24(11-9-17)20(25)13-22-15-4-7-18-19(12-15)28-21(26)23-18/h2-7,12,17,22H,8-11,13H2,1H3,(H,23,26). The second-order valence-corrected chi connectivity index (χ2v) is 8.10. The summed E-state index contributed by atoms with van der Waals surface area (Å²) in [7, 11) is 0. The average Bonchev–Trinajstić information content (AvgIpc) is 3.08. The molecule has 1 aromatic heterocycles. The number of rotatable bonds is 5. The van der Waals surface area contributed by atoms with Crippen molar-refractivity contribution in [3.05, 3.63) is 57.7 Å². The minimum atomic E-state index is -0.0704. The highest BCUT2D eigenvalue weighted by atomic mass is 32.1. The number of hydrogen-bond donors (Lipinski definition) is 2. The van der Waals surface area contributed by atoms with Crippen molar-refractivity contribution in [2.45, 2.75) is 25.9 Å². The van der Waals surface area contributed by atoms with E-state index in [2.05, 4.69) is 17.2 Å². The summed E-state index contributed by atoms with van der Waals surface area (Å²) in [5.74, 6) is 0.968. The summed E-state index contributed by atoms with van der Waals surface area (Å²) in [6.45, 7) is 3.71. The number of thiazole rings is 1. The summed E-state index contributed by atoms with van der Waals surface area (Å²) in [4.78, 5) is 28.5. The van der Waals surface area contributed by atoms with Crippen LogP contribution in [0.2, 0.25) is 0 Å². The van der Waals surface area contributed by atoms with Gasteiger partial charge in [-0.15, -0.1) is 0 Å². The van der Waals surface area contributed by atoms with Crippen LogP contribution in [0.15, 0.2) is 47.3 Å². The summed E-state index contributed by atoms with van der Waals surface area (Å²) in [6.07, 6.45) is 1.82. The molecule has 0 bridgehead atoms. The zero-order valence-electron chi connectivity index (χ0n) is 15.7. The van der Waals surface area contributed by atoms with E-state index in [1.807, 2.05) is 47.4 Å². The van der Waals surface area contributed by atoms with Gasteiger partial charge in [0.05, 0.1) is 16.8 Å². The molecule has 0 spiro atoms. The third-order valence-electron chi connectivity index (χ3n) is 4.98. The van der Waals surface area contributed by atoms with Gasteiger partial charge in [-0.3, -0.25) is 9.59 Å². The van der Waals surface area contributed by atoms with E-state index in [0.717, 1.165) is 34.5 Å². The van der Waals surface area contributed by atoms with E-state index in [4.69, 9.17) is 4.74 Å². The molecule has 1 saturated heterocycles. The highest BCUT2D eigenvalue weighted by Crippen LogP contribution is 2.21. The van der Waals surface area contributed by atoms with Crippen LogP contribution in [0, 0.1) is 6.92 Å². The van der Waals surface area contributed by atoms with Crippen molar-refractivity contribution in [1.82, 2.24) is 9.88 Å². The second-order valence-electron chi connectivity index (χ2n) is 7.09. The van der Waals surface area contributed by atoms with Crippen molar-refractivity contribution in [1.29, 1.82) is 0 Å². The van der Waals surface area contributed by atoms with Crippen LogP contribution in [0.5, 0.6) is 5.75 Å². The maximum Gasteiger partial charge on any atom is 0.305 e. The molecule has 0 saturated carbocycles. The van der Waals surface area contributed by atoms with Crippen LogP contribution < -0.4 is 14.9 Å². The molecule has 1 fully saturated rings. The van der Waals surface area contributed by atoms with Gasteiger partial charge in [0, 0.05) is 31.6 Å². The van der Waals surface area contributed by atoms with E-state index in [1.165, 1.54) is 16.9 Å². The summed E-state index contributed by atoms with van der Waals surface area (Å²) in [6, 6.07) is 13.7. The first-order valence-corrected chi connectivity index (χ1v) is 10.3. The number of hydrogen-bond acceptors (Lipinski definition) is 5. The highest BCUT2D eigenvalue weighted by molar-refractivity contribution is 7.16. The minimum absolute atomic E-state index is 0.0704. The number of ether oxygens (including phenoxy) is 1. The molecule has 1 aliphatic heterocycles. The third-order valence-corrected chi connectivity index (χ3v) is 5.83. The third kappa shape index (κ3) is 4.36. The van der Waals surface area contributed by atoms with Gasteiger partial charge in [0.15, 0.2) is 0 Å². The number of aromatic nitrogens is 1. The van der Waals surface area contributed by atoms with E-state index < -0.39 is 0 Å². The van der Waals surface area contributed by atoms with Crippen LogP contribution in [0.25, 0.3) is 10.2 Å². The SMILES string of the molecule is Cc1ccc(OC2CCN(C(=O)CNc3ccc4[nH]c(=O)sc4c3)CC2)cc1. The van der Waals surface area contributed by atoms with Crippen LogP contribution in [0.4, 0.5) is 5.69 Å². The summed E-state index contributed by atoms with van der Waals surface area (Å²) in [5, 5.41) is 3.17. The van der Waals surface area contributed by atoms with Crippen molar-refractivity contribution in [2.75, 3.05) is 25.0 Å². The Balaban J connectivity index is 1.26. The van der Waals surface area contributed by atoms with Crippen molar-refractivity contribution in [2.24, 2.45) is 0 Å². The van der Waals surface area contributed by atoms with Gasteiger partial charge < -0.3 is 19.9 Å². The lowest BCUT2D eigenvalue weighted by atomic mass is 10.1. The van der Waals surface area contributed by atoms with Crippen LogP contribution >= 0.6 is 11.3 Å². The number of piperidine rings is 1. The van der Waals surface area contributed by atoms with E-state index in [-0.39, 0.29) is 23.4 Å². The molecule has 2 aromatic carbocycles. The molecule has 6 nitrogen and oxygen atoms in total. The first kappa shape index (κ1) is 18.6. The first-order valence-electron chi connectivity index (χ1n) is 9.45. The smallest absolute Gasteiger partial charge is 0.305 e. The Hall–Kier alpha value is -2.80. The lowest BCUT2D eigenvalue weighted by molar-refractivity contribution is -0.131. The van der Waals surface area contributed by atoms with Crippen molar-refractivity contribution < 1.29 is 9.53 Å². The molecule has 7 heteroatoms. The Morgan fingerprint density at radius 3 is 2.71 bits per heavy atom. The van der Waals surface area contributed by atoms with Crippen molar-refractivity contribution in [3.63, 3.8) is 0 Å². The molecule has 0 aliphatic carbocycles. The predicted octanol–water partition coefficient (Wildman–Crippen LogP) is 3.38. The Morgan fingerprint density at radius 2 is 1.96 bits per heavy atom. The number of nitrogens with one attached hydrogen (secondary N) is 2. The molecule has 4 rings (SSSR count). The summed E-state index contributed by atoms with van der Waals surface area (Å²) < 4.78 is 6.92. The first-order chi connectivity index (χ1) is 13.6. The largest absolute Gasteiger partial charge is 0.490 e. The van der Waals surface area contributed by atoms with Gasteiger partial charge in [0.25, 0.3) is 0 Å². The number of amides is 1. The number of carbonyl (C=O) groups excluding carboxylic acids is 1. The average molecular weight is 398 g/mol. The Bertz CT molecular complexity index is 1020. The number of anilines is 1. The Morgan fingerprint density at radius 1 is 1.21 bits per heavy atom. The number of H-pyrrole nitrogens is 1. The lowest BCUT2D eigenvalue weighted by Crippen LogP contribution is -2.44. The predicted molar refractivity (Wildman–Crippen MR) is 112 cm³/mol. The van der Waals surface area contributed by atoms with Gasteiger partial charge in [-0.1, -0.05) is 29.0 Å². The molecule has 0 atom stereocenters. The topological polar surface area (TPSA) is 74.4 Å². The number of aromatic amines is 1. The van der Waals surface area contributed by atoms with Crippen LogP contribution in [-0.4, -0.2) is 41.5 Å². The van der Waals surface area contributed by atoms with Crippen LogP contribution in [0.3, 0.4) is 0 Å². The number of carbonyl (C=O) groups is 1. The molecule has 2 heterocycles. The minimum Gasteiger partial charge on any atom is -0.490 e. The Kier molecular flexibility index (Phi) is 5.34. The van der Waals surface area contributed by atoms with E-state index in [0.29, 0.717) is 13.1 Å².